The van der Waals surface area contributed by atoms with E-state index in [1.807, 2.05) is 66.7 Å². The maximum absolute atomic E-state index is 12.6. The number of benzene rings is 3. The Labute approximate surface area is 165 Å². The highest BCUT2D eigenvalue weighted by Crippen LogP contribution is 2.36. The van der Waals surface area contributed by atoms with Gasteiger partial charge in [0.05, 0.1) is 0 Å². The van der Waals surface area contributed by atoms with Crippen molar-refractivity contribution in [2.45, 2.75) is 18.9 Å². The van der Waals surface area contributed by atoms with Gasteiger partial charge in [0.2, 0.25) is 0 Å². The fraction of sp³-hybridized carbons (Fsp3) is 0.115. The van der Waals surface area contributed by atoms with Gasteiger partial charge in [-0.1, -0.05) is 103 Å². The molecule has 138 valence electrons. The second-order valence-electron chi connectivity index (χ2n) is 6.83. The molecule has 3 aromatic carbocycles. The third-order valence-corrected chi connectivity index (χ3v) is 4.93. The summed E-state index contributed by atoms with van der Waals surface area (Å²) in [5.74, 6) is -0.181. The van der Waals surface area contributed by atoms with Crippen LogP contribution in [0.15, 0.2) is 103 Å². The minimum absolute atomic E-state index is 0.181. The Morgan fingerprint density at radius 3 is 1.64 bits per heavy atom. The smallest absolute Gasteiger partial charge is 0.307 e. The summed E-state index contributed by atoms with van der Waals surface area (Å²) in [6.45, 7) is 0. The monoisotopic (exact) mass is 366 g/mol. The van der Waals surface area contributed by atoms with E-state index in [-0.39, 0.29) is 12.1 Å². The van der Waals surface area contributed by atoms with E-state index in [2.05, 4.69) is 36.4 Å². The summed E-state index contributed by atoms with van der Waals surface area (Å²) in [5.41, 5.74) is 5.33. The topological polar surface area (TPSA) is 26.3 Å². The van der Waals surface area contributed by atoms with Gasteiger partial charge in [-0.15, -0.1) is 0 Å². The quantitative estimate of drug-likeness (QED) is 0.522. The van der Waals surface area contributed by atoms with Crippen LogP contribution in [0.2, 0.25) is 0 Å². The van der Waals surface area contributed by atoms with Crippen molar-refractivity contribution >= 4 is 17.1 Å². The molecule has 4 rings (SSSR count). The first kappa shape index (κ1) is 18.0. The Hall–Kier alpha value is -3.39. The lowest BCUT2D eigenvalue weighted by Crippen LogP contribution is -2.20. The van der Waals surface area contributed by atoms with Crippen LogP contribution in [0.5, 0.6) is 0 Å². The van der Waals surface area contributed by atoms with Crippen molar-refractivity contribution in [3.63, 3.8) is 0 Å². The zero-order valence-electron chi connectivity index (χ0n) is 15.6. The first-order valence-electron chi connectivity index (χ1n) is 9.57. The van der Waals surface area contributed by atoms with Crippen LogP contribution in [-0.4, -0.2) is 12.1 Å². The number of hydrogen-bond acceptors (Lipinski definition) is 2. The molecule has 0 fully saturated rings. The Morgan fingerprint density at radius 2 is 1.14 bits per heavy atom. The van der Waals surface area contributed by atoms with Crippen LogP contribution < -0.4 is 0 Å². The molecule has 0 aliphatic heterocycles. The molecule has 0 radical (unpaired) electrons. The summed E-state index contributed by atoms with van der Waals surface area (Å²) >= 11 is 0. The van der Waals surface area contributed by atoms with Gasteiger partial charge in [0.15, 0.2) is 6.10 Å². The van der Waals surface area contributed by atoms with Gasteiger partial charge in [-0.2, -0.15) is 0 Å². The van der Waals surface area contributed by atoms with Crippen molar-refractivity contribution in [2.24, 2.45) is 0 Å². The Bertz CT molecular complexity index is 931. The minimum Gasteiger partial charge on any atom is -0.452 e. The van der Waals surface area contributed by atoms with Gasteiger partial charge in [-0.3, -0.25) is 4.79 Å². The van der Waals surface area contributed by atoms with Crippen LogP contribution in [0.25, 0.3) is 11.1 Å². The van der Waals surface area contributed by atoms with Crippen molar-refractivity contribution in [2.75, 3.05) is 0 Å². The molecule has 0 atom stereocenters. The van der Waals surface area contributed by atoms with E-state index in [1.54, 1.807) is 0 Å². The van der Waals surface area contributed by atoms with E-state index in [4.69, 9.17) is 4.74 Å². The molecule has 3 aromatic rings. The fourth-order valence-corrected chi connectivity index (χ4v) is 3.49. The molecule has 0 N–H and O–H groups in total. The van der Waals surface area contributed by atoms with Crippen LogP contribution in [0.1, 0.15) is 23.1 Å². The molecular weight excluding hydrogens is 344 g/mol. The molecule has 0 unspecified atom stereocenters. The van der Waals surface area contributed by atoms with Crippen molar-refractivity contribution in [3.05, 3.63) is 120 Å². The molecule has 0 heterocycles. The number of allylic oxidation sites excluding steroid dienone is 2. The molecule has 28 heavy (non-hydrogen) atoms. The lowest BCUT2D eigenvalue weighted by molar-refractivity contribution is -0.144. The summed E-state index contributed by atoms with van der Waals surface area (Å²) in [6, 6.07) is 30.2. The van der Waals surface area contributed by atoms with E-state index in [1.165, 1.54) is 0 Å². The Morgan fingerprint density at radius 1 is 0.679 bits per heavy atom. The summed E-state index contributed by atoms with van der Waals surface area (Å²) < 4.78 is 5.99. The van der Waals surface area contributed by atoms with Crippen LogP contribution in [-0.2, 0) is 16.0 Å². The maximum atomic E-state index is 12.6. The van der Waals surface area contributed by atoms with E-state index in [9.17, 15) is 4.79 Å². The van der Waals surface area contributed by atoms with Gasteiger partial charge in [0.1, 0.15) is 0 Å². The number of aryl methyl sites for hydroxylation is 1. The maximum Gasteiger partial charge on any atom is 0.307 e. The van der Waals surface area contributed by atoms with Crippen molar-refractivity contribution in [3.8, 4) is 0 Å². The molecule has 2 nitrogen and oxygen atoms in total. The minimum atomic E-state index is -0.381. The predicted octanol–water partition coefficient (Wildman–Crippen LogP) is 5.71. The molecule has 0 saturated heterocycles. The Kier molecular flexibility index (Phi) is 5.48. The van der Waals surface area contributed by atoms with Gasteiger partial charge in [-0.25, -0.2) is 0 Å². The highest BCUT2D eigenvalue weighted by atomic mass is 16.5. The molecule has 2 heteroatoms. The summed E-state index contributed by atoms with van der Waals surface area (Å²) in [5, 5.41) is 0. The zero-order chi connectivity index (χ0) is 19.2. The SMILES string of the molecule is O=C(CCc1ccccc1)OC1C(c2ccccc2)=CC=C1c1ccccc1. The second-order valence-corrected chi connectivity index (χ2v) is 6.83. The molecule has 0 saturated carbocycles. The standard InChI is InChI=1S/C26H22O2/c27-25(19-16-20-10-4-1-5-11-20)28-26-23(21-12-6-2-7-13-21)17-18-24(26)22-14-8-3-9-15-22/h1-15,17-18,26H,16,19H2. The van der Waals surface area contributed by atoms with E-state index in [0.717, 1.165) is 27.8 Å². The number of carbonyl (C=O) groups excluding carboxylic acids is 1. The lowest BCUT2D eigenvalue weighted by atomic mass is 9.95. The highest BCUT2D eigenvalue weighted by Gasteiger charge is 2.28. The number of esters is 1. The molecule has 0 amide bonds. The van der Waals surface area contributed by atoms with E-state index in [0.29, 0.717) is 12.8 Å². The van der Waals surface area contributed by atoms with E-state index < -0.39 is 0 Å². The summed E-state index contributed by atoms with van der Waals surface area (Å²) in [4.78, 5) is 12.6. The number of carbonyl (C=O) groups is 1. The first-order chi connectivity index (χ1) is 13.8. The number of ether oxygens (including phenoxy) is 1. The van der Waals surface area contributed by atoms with Crippen LogP contribution in [0, 0.1) is 0 Å². The molecule has 0 aromatic heterocycles. The summed E-state index contributed by atoms with van der Waals surface area (Å²) in [7, 11) is 0. The number of rotatable bonds is 6. The molecular formula is C26H22O2. The van der Waals surface area contributed by atoms with Crippen LogP contribution in [0.3, 0.4) is 0 Å². The first-order valence-corrected chi connectivity index (χ1v) is 9.57. The molecule has 0 spiro atoms. The van der Waals surface area contributed by atoms with E-state index >= 15 is 0 Å². The third-order valence-electron chi connectivity index (χ3n) is 4.93. The molecule has 1 aliphatic rings. The Balaban J connectivity index is 1.53. The average Bonchev–Trinajstić information content (AvgIpc) is 3.17. The second kappa shape index (κ2) is 8.53. The molecule has 1 aliphatic carbocycles. The predicted molar refractivity (Wildman–Crippen MR) is 113 cm³/mol. The average molecular weight is 366 g/mol. The van der Waals surface area contributed by atoms with Crippen molar-refractivity contribution in [1.29, 1.82) is 0 Å². The van der Waals surface area contributed by atoms with Gasteiger partial charge >= 0.3 is 5.97 Å². The lowest BCUT2D eigenvalue weighted by Gasteiger charge is -2.21. The molecule has 0 bridgehead atoms. The zero-order valence-corrected chi connectivity index (χ0v) is 15.6. The van der Waals surface area contributed by atoms with Crippen LogP contribution in [0.4, 0.5) is 0 Å². The summed E-state index contributed by atoms with van der Waals surface area (Å²) in [6.07, 6.45) is 4.79. The third kappa shape index (κ3) is 4.12. The number of hydrogen-bond donors (Lipinski definition) is 0. The van der Waals surface area contributed by atoms with Crippen molar-refractivity contribution in [1.82, 2.24) is 0 Å². The van der Waals surface area contributed by atoms with Gasteiger partial charge in [0.25, 0.3) is 0 Å². The largest absolute Gasteiger partial charge is 0.452 e. The normalized spacial score (nSPS) is 13.7. The van der Waals surface area contributed by atoms with Crippen molar-refractivity contribution < 1.29 is 9.53 Å². The van der Waals surface area contributed by atoms with Gasteiger partial charge < -0.3 is 4.74 Å². The van der Waals surface area contributed by atoms with Gasteiger partial charge in [0, 0.05) is 17.6 Å². The van der Waals surface area contributed by atoms with Gasteiger partial charge in [-0.05, 0) is 23.1 Å². The highest BCUT2D eigenvalue weighted by molar-refractivity contribution is 5.93. The van der Waals surface area contributed by atoms with Crippen LogP contribution >= 0.6 is 0 Å². The fourth-order valence-electron chi connectivity index (χ4n) is 3.49.